The van der Waals surface area contributed by atoms with Crippen molar-refractivity contribution in [3.63, 3.8) is 0 Å². The molecule has 0 aliphatic carbocycles. The monoisotopic (exact) mass is 384 g/mol. The lowest BCUT2D eigenvalue weighted by Gasteiger charge is -2.16. The van der Waals surface area contributed by atoms with Crippen molar-refractivity contribution in [2.24, 2.45) is 0 Å². The molecule has 0 saturated carbocycles. The third kappa shape index (κ3) is 3.67. The number of hydrogen-bond acceptors (Lipinski definition) is 4. The van der Waals surface area contributed by atoms with E-state index in [9.17, 15) is 27.2 Å². The van der Waals surface area contributed by atoms with E-state index in [2.05, 4.69) is 5.32 Å². The summed E-state index contributed by atoms with van der Waals surface area (Å²) in [6.07, 6.45) is -3.55. The second-order valence-corrected chi connectivity index (χ2v) is 6.01. The molecule has 0 amide bonds. The highest BCUT2D eigenvalue weighted by Gasteiger charge is 2.31. The summed E-state index contributed by atoms with van der Waals surface area (Å²) in [6.45, 7) is 2.18. The minimum absolute atomic E-state index is 0.00487. The Morgan fingerprint density at radius 3 is 2.63 bits per heavy atom. The smallest absolute Gasteiger partial charge is 0.416 e. The van der Waals surface area contributed by atoms with E-state index >= 15 is 0 Å². The predicted molar refractivity (Wildman–Crippen MR) is 89.7 cm³/mol. The molecule has 27 heavy (non-hydrogen) atoms. The first kappa shape index (κ1) is 18.9. The van der Waals surface area contributed by atoms with E-state index in [0.29, 0.717) is 31.1 Å². The van der Waals surface area contributed by atoms with E-state index in [4.69, 9.17) is 4.74 Å². The summed E-state index contributed by atoms with van der Waals surface area (Å²) < 4.78 is 58.7. The van der Waals surface area contributed by atoms with Crippen molar-refractivity contribution >= 4 is 17.3 Å². The maximum absolute atomic E-state index is 14.2. The molecule has 0 spiro atoms. The Morgan fingerprint density at radius 2 is 2.00 bits per heavy atom. The molecule has 0 unspecified atom stereocenters. The number of carbonyl (C=O) groups is 1. The molecular formula is C18H16F4N2O3. The molecule has 0 fully saturated rings. The van der Waals surface area contributed by atoms with Crippen LogP contribution in [0.5, 0.6) is 0 Å². The van der Waals surface area contributed by atoms with Gasteiger partial charge in [0.1, 0.15) is 11.4 Å². The van der Waals surface area contributed by atoms with Crippen molar-refractivity contribution < 1.29 is 27.1 Å². The average molecular weight is 384 g/mol. The molecule has 1 aliphatic rings. The third-order valence-electron chi connectivity index (χ3n) is 4.26. The molecule has 2 heterocycles. The van der Waals surface area contributed by atoms with Crippen LogP contribution in [0.4, 0.5) is 28.9 Å². The molecule has 0 radical (unpaired) electrons. The number of alkyl halides is 3. The first-order valence-corrected chi connectivity index (χ1v) is 8.30. The normalized spacial score (nSPS) is 13.4. The summed E-state index contributed by atoms with van der Waals surface area (Å²) in [5.41, 5.74) is -1.24. The van der Waals surface area contributed by atoms with Crippen LogP contribution in [-0.4, -0.2) is 17.1 Å². The SMILES string of the molecule is CCOC(=O)c1c(Nc2ccc(C(F)(F)F)cc2F)cc(=O)n2c1CCC2. The number of rotatable bonds is 4. The molecule has 2 aromatic rings. The number of benzene rings is 1. The average Bonchev–Trinajstić information content (AvgIpc) is 3.06. The minimum atomic E-state index is -4.68. The zero-order valence-electron chi connectivity index (χ0n) is 14.3. The summed E-state index contributed by atoms with van der Waals surface area (Å²) in [5, 5.41) is 2.57. The maximum Gasteiger partial charge on any atom is 0.416 e. The lowest BCUT2D eigenvalue weighted by atomic mass is 10.1. The van der Waals surface area contributed by atoms with Crippen molar-refractivity contribution in [1.29, 1.82) is 0 Å². The van der Waals surface area contributed by atoms with Crippen LogP contribution in [0.2, 0.25) is 0 Å². The summed E-state index contributed by atoms with van der Waals surface area (Å²) in [7, 11) is 0. The van der Waals surface area contributed by atoms with Gasteiger partial charge in [0, 0.05) is 18.3 Å². The van der Waals surface area contributed by atoms with Gasteiger partial charge in [-0.2, -0.15) is 13.2 Å². The molecular weight excluding hydrogens is 368 g/mol. The van der Waals surface area contributed by atoms with Crippen LogP contribution in [0, 0.1) is 5.82 Å². The zero-order valence-corrected chi connectivity index (χ0v) is 14.3. The number of fused-ring (bicyclic) bond motifs is 1. The van der Waals surface area contributed by atoms with Gasteiger partial charge < -0.3 is 14.6 Å². The second kappa shape index (κ2) is 7.05. The van der Waals surface area contributed by atoms with Crippen molar-refractivity contribution in [2.75, 3.05) is 11.9 Å². The Bertz CT molecular complexity index is 951. The Labute approximate surface area is 151 Å². The number of pyridine rings is 1. The molecule has 9 heteroatoms. The summed E-state index contributed by atoms with van der Waals surface area (Å²) >= 11 is 0. The fourth-order valence-corrected chi connectivity index (χ4v) is 3.07. The Balaban J connectivity index is 2.06. The predicted octanol–water partition coefficient (Wildman–Crippen LogP) is 3.87. The van der Waals surface area contributed by atoms with Crippen molar-refractivity contribution in [3.05, 3.63) is 57.3 Å². The zero-order chi connectivity index (χ0) is 19.8. The Kier molecular flexibility index (Phi) is 4.95. The van der Waals surface area contributed by atoms with Crippen LogP contribution >= 0.6 is 0 Å². The second-order valence-electron chi connectivity index (χ2n) is 6.01. The highest BCUT2D eigenvalue weighted by Crippen LogP contribution is 2.33. The van der Waals surface area contributed by atoms with Crippen LogP contribution in [0.25, 0.3) is 0 Å². The molecule has 5 nitrogen and oxygen atoms in total. The lowest BCUT2D eigenvalue weighted by molar-refractivity contribution is -0.137. The van der Waals surface area contributed by atoms with E-state index in [0.717, 1.165) is 18.2 Å². The van der Waals surface area contributed by atoms with Gasteiger partial charge in [-0.1, -0.05) is 0 Å². The van der Waals surface area contributed by atoms with Crippen LogP contribution in [0.1, 0.15) is 35.0 Å². The van der Waals surface area contributed by atoms with Crippen LogP contribution in [0.3, 0.4) is 0 Å². The molecule has 0 atom stereocenters. The van der Waals surface area contributed by atoms with Gasteiger partial charge in [-0.15, -0.1) is 0 Å². The molecule has 1 aromatic carbocycles. The topological polar surface area (TPSA) is 60.3 Å². The maximum atomic E-state index is 14.2. The van der Waals surface area contributed by atoms with Gasteiger partial charge in [0.05, 0.1) is 23.5 Å². The van der Waals surface area contributed by atoms with Gasteiger partial charge >= 0.3 is 12.1 Å². The summed E-state index contributed by atoms with van der Waals surface area (Å²) in [5.74, 6) is -1.83. The van der Waals surface area contributed by atoms with E-state index in [-0.39, 0.29) is 29.1 Å². The molecule has 1 aliphatic heterocycles. The molecule has 144 valence electrons. The Morgan fingerprint density at radius 1 is 1.26 bits per heavy atom. The molecule has 0 bridgehead atoms. The van der Waals surface area contributed by atoms with Crippen molar-refractivity contribution in [2.45, 2.75) is 32.5 Å². The molecule has 1 N–H and O–H groups in total. The number of hydrogen-bond donors (Lipinski definition) is 1. The molecule has 1 aromatic heterocycles. The van der Waals surface area contributed by atoms with Gasteiger partial charge in [0.2, 0.25) is 0 Å². The molecule has 3 rings (SSSR count). The number of esters is 1. The van der Waals surface area contributed by atoms with E-state index in [1.807, 2.05) is 0 Å². The fraction of sp³-hybridized carbons (Fsp3) is 0.333. The number of aromatic nitrogens is 1. The summed E-state index contributed by atoms with van der Waals surface area (Å²) in [4.78, 5) is 24.6. The Hall–Kier alpha value is -2.84. The van der Waals surface area contributed by atoms with Crippen molar-refractivity contribution in [3.8, 4) is 0 Å². The number of anilines is 2. The highest BCUT2D eigenvalue weighted by atomic mass is 19.4. The lowest BCUT2D eigenvalue weighted by Crippen LogP contribution is -2.24. The molecule has 0 saturated heterocycles. The number of nitrogens with one attached hydrogen (secondary N) is 1. The summed E-state index contributed by atoms with van der Waals surface area (Å²) in [6, 6.07) is 3.11. The number of nitrogens with zero attached hydrogens (tertiary/aromatic N) is 1. The van der Waals surface area contributed by atoms with Crippen LogP contribution in [0.15, 0.2) is 29.1 Å². The highest BCUT2D eigenvalue weighted by molar-refractivity contribution is 5.97. The largest absolute Gasteiger partial charge is 0.462 e. The van der Waals surface area contributed by atoms with Gasteiger partial charge in [-0.3, -0.25) is 4.79 Å². The number of halogens is 4. The third-order valence-corrected chi connectivity index (χ3v) is 4.26. The first-order chi connectivity index (χ1) is 12.7. The van der Waals surface area contributed by atoms with Crippen LogP contribution in [-0.2, 0) is 23.9 Å². The van der Waals surface area contributed by atoms with Gasteiger partial charge in [0.15, 0.2) is 0 Å². The fourth-order valence-electron chi connectivity index (χ4n) is 3.07. The van der Waals surface area contributed by atoms with Gasteiger partial charge in [-0.05, 0) is 38.0 Å². The standard InChI is InChI=1S/C18H16F4N2O3/c1-2-27-17(26)16-13(9-15(25)24-7-3-4-14(16)24)23-12-6-5-10(8-11(12)19)18(20,21)22/h5-6,8-9,23H,2-4,7H2,1H3. The number of carbonyl (C=O) groups excluding carboxylic acids is 1. The quantitative estimate of drug-likeness (QED) is 0.642. The number of ether oxygens (including phenoxy) is 1. The van der Waals surface area contributed by atoms with E-state index in [1.54, 1.807) is 6.92 Å². The van der Waals surface area contributed by atoms with Crippen molar-refractivity contribution in [1.82, 2.24) is 4.57 Å². The van der Waals surface area contributed by atoms with E-state index in [1.165, 1.54) is 4.57 Å². The minimum Gasteiger partial charge on any atom is -0.462 e. The van der Waals surface area contributed by atoms with E-state index < -0.39 is 23.5 Å². The first-order valence-electron chi connectivity index (χ1n) is 8.30. The van der Waals surface area contributed by atoms with Crippen LogP contribution < -0.4 is 10.9 Å². The van der Waals surface area contributed by atoms with Gasteiger partial charge in [-0.25, -0.2) is 9.18 Å². The van der Waals surface area contributed by atoms with Gasteiger partial charge in [0.25, 0.3) is 5.56 Å².